The average Bonchev–Trinajstić information content (AvgIpc) is 2.13. The van der Waals surface area contributed by atoms with E-state index >= 15 is 0 Å². The standard InChI is InChI=1S/C9H12BrClN2/c10-7-3-1-4-8(9(7)11)13-6-2-5-12/h1,3-4,13H,2,5-6,12H2. The lowest BCUT2D eigenvalue weighted by atomic mass is 10.3. The lowest BCUT2D eigenvalue weighted by Gasteiger charge is -2.08. The Bertz CT molecular complexity index is 278. The first kappa shape index (κ1) is 10.8. The molecule has 0 aliphatic heterocycles. The topological polar surface area (TPSA) is 38.0 Å². The molecule has 0 heterocycles. The van der Waals surface area contributed by atoms with E-state index in [0.29, 0.717) is 6.54 Å². The second kappa shape index (κ2) is 5.47. The van der Waals surface area contributed by atoms with Crippen LogP contribution in [-0.2, 0) is 0 Å². The SMILES string of the molecule is NCCCNc1cccc(Br)c1Cl. The molecular weight excluding hydrogens is 251 g/mol. The zero-order chi connectivity index (χ0) is 9.68. The van der Waals surface area contributed by atoms with Gasteiger partial charge in [-0.25, -0.2) is 0 Å². The van der Waals surface area contributed by atoms with Gasteiger partial charge in [0.15, 0.2) is 0 Å². The summed E-state index contributed by atoms with van der Waals surface area (Å²) in [5.74, 6) is 0. The summed E-state index contributed by atoms with van der Waals surface area (Å²) in [6.07, 6.45) is 0.947. The largest absolute Gasteiger partial charge is 0.384 e. The second-order valence-corrected chi connectivity index (χ2v) is 3.90. The van der Waals surface area contributed by atoms with E-state index < -0.39 is 0 Å². The van der Waals surface area contributed by atoms with E-state index in [4.69, 9.17) is 17.3 Å². The molecule has 0 fully saturated rings. The van der Waals surface area contributed by atoms with Gasteiger partial charge in [-0.2, -0.15) is 0 Å². The molecule has 0 saturated heterocycles. The Morgan fingerprint density at radius 1 is 1.46 bits per heavy atom. The number of hydrogen-bond donors (Lipinski definition) is 2. The van der Waals surface area contributed by atoms with Gasteiger partial charge in [0.1, 0.15) is 0 Å². The van der Waals surface area contributed by atoms with Crippen LogP contribution in [0.15, 0.2) is 22.7 Å². The number of hydrogen-bond acceptors (Lipinski definition) is 2. The van der Waals surface area contributed by atoms with Crippen molar-refractivity contribution in [3.8, 4) is 0 Å². The first-order valence-electron chi connectivity index (χ1n) is 4.13. The molecule has 0 bridgehead atoms. The van der Waals surface area contributed by atoms with E-state index in [0.717, 1.165) is 28.1 Å². The highest BCUT2D eigenvalue weighted by Crippen LogP contribution is 2.29. The molecule has 2 nitrogen and oxygen atoms in total. The van der Waals surface area contributed by atoms with Gasteiger partial charge in [0.2, 0.25) is 0 Å². The number of nitrogens with two attached hydrogens (primary N) is 1. The van der Waals surface area contributed by atoms with Crippen molar-refractivity contribution in [3.05, 3.63) is 27.7 Å². The smallest absolute Gasteiger partial charge is 0.0779 e. The minimum Gasteiger partial charge on any atom is -0.384 e. The zero-order valence-electron chi connectivity index (χ0n) is 7.19. The van der Waals surface area contributed by atoms with Crippen LogP contribution in [0.5, 0.6) is 0 Å². The summed E-state index contributed by atoms with van der Waals surface area (Å²) >= 11 is 9.39. The maximum Gasteiger partial charge on any atom is 0.0779 e. The van der Waals surface area contributed by atoms with Crippen LogP contribution < -0.4 is 11.1 Å². The Hall–Kier alpha value is -0.250. The predicted octanol–water partition coefficient (Wildman–Crippen LogP) is 2.86. The fourth-order valence-electron chi connectivity index (χ4n) is 0.965. The van der Waals surface area contributed by atoms with Gasteiger partial charge in [-0.05, 0) is 41.0 Å². The lowest BCUT2D eigenvalue weighted by molar-refractivity contribution is 0.874. The molecular formula is C9H12BrClN2. The summed E-state index contributed by atoms with van der Waals surface area (Å²) in [7, 11) is 0. The Kier molecular flexibility index (Phi) is 4.56. The van der Waals surface area contributed by atoms with E-state index in [1.165, 1.54) is 0 Å². The molecule has 0 radical (unpaired) electrons. The van der Waals surface area contributed by atoms with E-state index in [9.17, 15) is 0 Å². The second-order valence-electron chi connectivity index (χ2n) is 2.67. The maximum atomic E-state index is 6.03. The minimum atomic E-state index is 0.693. The van der Waals surface area contributed by atoms with Gasteiger partial charge in [-0.15, -0.1) is 0 Å². The summed E-state index contributed by atoms with van der Waals surface area (Å²) in [6.45, 7) is 1.55. The number of nitrogens with one attached hydrogen (secondary N) is 1. The maximum absolute atomic E-state index is 6.03. The highest BCUT2D eigenvalue weighted by molar-refractivity contribution is 9.10. The Morgan fingerprint density at radius 3 is 2.92 bits per heavy atom. The van der Waals surface area contributed by atoms with Crippen molar-refractivity contribution in [3.63, 3.8) is 0 Å². The lowest BCUT2D eigenvalue weighted by Crippen LogP contribution is -2.08. The molecule has 13 heavy (non-hydrogen) atoms. The number of anilines is 1. The van der Waals surface area contributed by atoms with Crippen LogP contribution in [0.25, 0.3) is 0 Å². The molecule has 1 aromatic rings. The molecule has 0 aliphatic carbocycles. The predicted molar refractivity (Wildman–Crippen MR) is 61.3 cm³/mol. The summed E-state index contributed by atoms with van der Waals surface area (Å²) in [5, 5.41) is 3.93. The summed E-state index contributed by atoms with van der Waals surface area (Å²) < 4.78 is 0.909. The molecule has 1 aromatic carbocycles. The van der Waals surface area contributed by atoms with Crippen LogP contribution in [0, 0.1) is 0 Å². The van der Waals surface area contributed by atoms with Crippen LogP contribution in [-0.4, -0.2) is 13.1 Å². The monoisotopic (exact) mass is 262 g/mol. The molecule has 3 N–H and O–H groups in total. The van der Waals surface area contributed by atoms with Crippen molar-refractivity contribution in [2.24, 2.45) is 5.73 Å². The molecule has 0 atom stereocenters. The van der Waals surface area contributed by atoms with Crippen LogP contribution in [0.4, 0.5) is 5.69 Å². The van der Waals surface area contributed by atoms with Crippen molar-refractivity contribution < 1.29 is 0 Å². The average molecular weight is 264 g/mol. The number of benzene rings is 1. The zero-order valence-corrected chi connectivity index (χ0v) is 9.53. The van der Waals surface area contributed by atoms with Gasteiger partial charge in [0, 0.05) is 11.0 Å². The molecule has 0 unspecified atom stereocenters. The van der Waals surface area contributed by atoms with Gasteiger partial charge < -0.3 is 11.1 Å². The van der Waals surface area contributed by atoms with Gasteiger partial charge in [0.25, 0.3) is 0 Å². The van der Waals surface area contributed by atoms with E-state index in [1.54, 1.807) is 0 Å². The third-order valence-corrected chi connectivity index (χ3v) is 2.94. The highest BCUT2D eigenvalue weighted by atomic mass is 79.9. The molecule has 0 amide bonds. The number of rotatable bonds is 4. The van der Waals surface area contributed by atoms with Crippen LogP contribution in [0.3, 0.4) is 0 Å². The van der Waals surface area contributed by atoms with E-state index in [1.807, 2.05) is 18.2 Å². The van der Waals surface area contributed by atoms with E-state index in [2.05, 4.69) is 21.2 Å². The van der Waals surface area contributed by atoms with Gasteiger partial charge >= 0.3 is 0 Å². The summed E-state index contributed by atoms with van der Waals surface area (Å²) in [6, 6.07) is 5.81. The van der Waals surface area contributed by atoms with E-state index in [-0.39, 0.29) is 0 Å². The quantitative estimate of drug-likeness (QED) is 0.820. The van der Waals surface area contributed by atoms with Crippen molar-refractivity contribution in [1.82, 2.24) is 0 Å². The molecule has 0 saturated carbocycles. The highest BCUT2D eigenvalue weighted by Gasteiger charge is 2.01. The van der Waals surface area contributed by atoms with Crippen LogP contribution in [0.1, 0.15) is 6.42 Å². The molecule has 4 heteroatoms. The third-order valence-electron chi connectivity index (χ3n) is 1.65. The molecule has 0 spiro atoms. The van der Waals surface area contributed by atoms with Crippen LogP contribution >= 0.6 is 27.5 Å². The first-order chi connectivity index (χ1) is 6.25. The molecule has 72 valence electrons. The normalized spacial score (nSPS) is 10.1. The van der Waals surface area contributed by atoms with Crippen molar-refractivity contribution in [2.45, 2.75) is 6.42 Å². The van der Waals surface area contributed by atoms with Crippen LogP contribution in [0.2, 0.25) is 5.02 Å². The number of halogens is 2. The van der Waals surface area contributed by atoms with Gasteiger partial charge in [-0.1, -0.05) is 17.7 Å². The first-order valence-corrected chi connectivity index (χ1v) is 5.30. The van der Waals surface area contributed by atoms with Gasteiger partial charge in [-0.3, -0.25) is 0 Å². The fourth-order valence-corrected chi connectivity index (χ4v) is 1.52. The Balaban J connectivity index is 2.61. The Labute approximate surface area is 91.6 Å². The minimum absolute atomic E-state index is 0.693. The summed E-state index contributed by atoms with van der Waals surface area (Å²) in [4.78, 5) is 0. The molecule has 1 rings (SSSR count). The third kappa shape index (κ3) is 3.18. The fraction of sp³-hybridized carbons (Fsp3) is 0.333. The molecule has 0 aliphatic rings. The molecule has 0 aromatic heterocycles. The summed E-state index contributed by atoms with van der Waals surface area (Å²) in [5.41, 5.74) is 6.33. The van der Waals surface area contributed by atoms with Crippen molar-refractivity contribution >= 4 is 33.2 Å². The van der Waals surface area contributed by atoms with Gasteiger partial charge in [0.05, 0.1) is 10.7 Å². The Morgan fingerprint density at radius 2 is 2.23 bits per heavy atom. The van der Waals surface area contributed by atoms with Crippen molar-refractivity contribution in [2.75, 3.05) is 18.4 Å². The van der Waals surface area contributed by atoms with Crippen molar-refractivity contribution in [1.29, 1.82) is 0 Å².